The number of benzene rings is 2. The van der Waals surface area contributed by atoms with Crippen LogP contribution in [0.2, 0.25) is 0 Å². The molecular formula is C17H11F2N3. The van der Waals surface area contributed by atoms with E-state index < -0.39 is 6.55 Å². The van der Waals surface area contributed by atoms with Gasteiger partial charge in [-0.15, -0.1) is 0 Å². The van der Waals surface area contributed by atoms with Gasteiger partial charge in [0.15, 0.2) is 0 Å². The molecule has 0 amide bonds. The second-order valence-corrected chi connectivity index (χ2v) is 4.68. The molecule has 1 heterocycles. The van der Waals surface area contributed by atoms with E-state index in [1.54, 1.807) is 54.6 Å². The lowest BCUT2D eigenvalue weighted by atomic mass is 10.1. The van der Waals surface area contributed by atoms with E-state index in [0.717, 1.165) is 10.1 Å². The number of nitrogens with zero attached hydrogens (tertiary/aromatic N) is 3. The van der Waals surface area contributed by atoms with Gasteiger partial charge >= 0.3 is 6.55 Å². The molecule has 108 valence electrons. The van der Waals surface area contributed by atoms with E-state index >= 15 is 0 Å². The van der Waals surface area contributed by atoms with Crippen LogP contribution in [0.4, 0.5) is 8.78 Å². The van der Waals surface area contributed by atoms with E-state index in [1.165, 1.54) is 6.08 Å². The third-order valence-corrected chi connectivity index (χ3v) is 3.26. The zero-order valence-corrected chi connectivity index (χ0v) is 11.4. The molecule has 0 aliphatic rings. The van der Waals surface area contributed by atoms with Gasteiger partial charge in [0.2, 0.25) is 0 Å². The lowest BCUT2D eigenvalue weighted by molar-refractivity contribution is 0.0739. The number of aromatic nitrogens is 2. The molecule has 3 rings (SSSR count). The first-order valence-electron chi connectivity index (χ1n) is 6.62. The Bertz CT molecular complexity index is 888. The number of nitriles is 1. The highest BCUT2D eigenvalue weighted by atomic mass is 19.3. The molecule has 0 aliphatic heterocycles. The summed E-state index contributed by atoms with van der Waals surface area (Å²) < 4.78 is 27.5. The molecule has 3 aromatic rings. The van der Waals surface area contributed by atoms with Gasteiger partial charge in [-0.1, -0.05) is 30.3 Å². The van der Waals surface area contributed by atoms with Crippen molar-refractivity contribution in [3.8, 4) is 6.07 Å². The Kier molecular flexibility index (Phi) is 3.67. The van der Waals surface area contributed by atoms with Crippen LogP contribution in [0.5, 0.6) is 0 Å². The number of halogens is 2. The van der Waals surface area contributed by atoms with E-state index in [4.69, 9.17) is 5.26 Å². The Hall–Kier alpha value is -3.00. The van der Waals surface area contributed by atoms with Crippen LogP contribution >= 0.6 is 0 Å². The number of hydrogen-bond acceptors (Lipinski definition) is 2. The van der Waals surface area contributed by atoms with Crippen LogP contribution in [0.1, 0.15) is 23.5 Å². The van der Waals surface area contributed by atoms with Gasteiger partial charge in [0.25, 0.3) is 0 Å². The Balaban J connectivity index is 2.05. The van der Waals surface area contributed by atoms with Crippen LogP contribution < -0.4 is 0 Å². The quantitative estimate of drug-likeness (QED) is 0.715. The number of rotatable bonds is 3. The van der Waals surface area contributed by atoms with Crippen LogP contribution in [-0.4, -0.2) is 9.55 Å². The molecule has 0 saturated carbocycles. The van der Waals surface area contributed by atoms with E-state index in [2.05, 4.69) is 4.98 Å². The summed E-state index contributed by atoms with van der Waals surface area (Å²) in [5.41, 5.74) is 2.19. The van der Waals surface area contributed by atoms with Crippen molar-refractivity contribution in [3.05, 3.63) is 65.5 Å². The molecular weight excluding hydrogens is 284 g/mol. The summed E-state index contributed by atoms with van der Waals surface area (Å²) in [5, 5.41) is 8.87. The lowest BCUT2D eigenvalue weighted by Crippen LogP contribution is -2.00. The molecule has 0 unspecified atom stereocenters. The summed E-state index contributed by atoms with van der Waals surface area (Å²) in [4.78, 5) is 4.22. The Morgan fingerprint density at radius 2 is 1.91 bits per heavy atom. The normalized spacial score (nSPS) is 11.4. The number of alkyl halides is 2. The molecule has 3 nitrogen and oxygen atoms in total. The lowest BCUT2D eigenvalue weighted by Gasteiger charge is -2.04. The molecule has 22 heavy (non-hydrogen) atoms. The molecule has 1 aromatic heterocycles. The summed E-state index contributed by atoms with van der Waals surface area (Å²) in [6.07, 6.45) is 3.20. The van der Waals surface area contributed by atoms with Gasteiger partial charge in [-0.2, -0.15) is 14.0 Å². The highest BCUT2D eigenvalue weighted by molar-refractivity contribution is 5.80. The zero-order chi connectivity index (χ0) is 15.5. The molecule has 0 fully saturated rings. The van der Waals surface area contributed by atoms with Crippen LogP contribution in [0, 0.1) is 11.3 Å². The Labute approximate surface area is 125 Å². The predicted molar refractivity (Wildman–Crippen MR) is 81.1 cm³/mol. The standard InChI is InChI=1S/C17H11F2N3/c18-17(19)22-15-7-2-1-6-14(15)21-16(22)9-8-12-4-3-5-13(10-12)11-20/h1-10,17H. The van der Waals surface area contributed by atoms with Crippen molar-refractivity contribution in [2.24, 2.45) is 0 Å². The maximum atomic E-state index is 13.3. The number of hydrogen-bond donors (Lipinski definition) is 0. The predicted octanol–water partition coefficient (Wildman–Crippen LogP) is 4.47. The Morgan fingerprint density at radius 1 is 1.09 bits per heavy atom. The molecule has 0 N–H and O–H groups in total. The highest BCUT2D eigenvalue weighted by Gasteiger charge is 2.15. The first-order chi connectivity index (χ1) is 10.7. The first-order valence-corrected chi connectivity index (χ1v) is 6.62. The topological polar surface area (TPSA) is 41.6 Å². The molecule has 0 saturated heterocycles. The molecule has 5 heteroatoms. The van der Waals surface area contributed by atoms with Crippen LogP contribution in [0.25, 0.3) is 23.2 Å². The summed E-state index contributed by atoms with van der Waals surface area (Å²) in [6.45, 7) is -2.67. The molecule has 0 atom stereocenters. The summed E-state index contributed by atoms with van der Waals surface area (Å²) in [6, 6.07) is 15.7. The average molecular weight is 295 g/mol. The van der Waals surface area contributed by atoms with Crippen molar-refractivity contribution in [1.82, 2.24) is 9.55 Å². The fourth-order valence-corrected chi connectivity index (χ4v) is 2.27. The molecule has 2 aromatic carbocycles. The molecule has 0 radical (unpaired) electrons. The average Bonchev–Trinajstić information content (AvgIpc) is 2.91. The monoisotopic (exact) mass is 295 g/mol. The maximum Gasteiger partial charge on any atom is 0.320 e. The first kappa shape index (κ1) is 14.0. The fourth-order valence-electron chi connectivity index (χ4n) is 2.27. The number of para-hydroxylation sites is 2. The zero-order valence-electron chi connectivity index (χ0n) is 11.4. The van der Waals surface area contributed by atoms with Gasteiger partial charge < -0.3 is 0 Å². The van der Waals surface area contributed by atoms with Crippen molar-refractivity contribution in [2.45, 2.75) is 6.55 Å². The highest BCUT2D eigenvalue weighted by Crippen LogP contribution is 2.24. The van der Waals surface area contributed by atoms with E-state index in [1.807, 2.05) is 6.07 Å². The van der Waals surface area contributed by atoms with Gasteiger partial charge in [-0.25, -0.2) is 4.98 Å². The second kappa shape index (κ2) is 5.78. The summed E-state index contributed by atoms with van der Waals surface area (Å²) in [7, 11) is 0. The van der Waals surface area contributed by atoms with Gasteiger partial charge in [0.1, 0.15) is 5.82 Å². The smallest absolute Gasteiger partial charge is 0.267 e. The third kappa shape index (κ3) is 2.59. The van der Waals surface area contributed by atoms with Crippen molar-refractivity contribution in [1.29, 1.82) is 5.26 Å². The van der Waals surface area contributed by atoms with Gasteiger partial charge in [0.05, 0.1) is 22.7 Å². The number of imidazole rings is 1. The summed E-state index contributed by atoms with van der Waals surface area (Å²) >= 11 is 0. The summed E-state index contributed by atoms with van der Waals surface area (Å²) in [5.74, 6) is 0.179. The SMILES string of the molecule is N#Cc1cccc(C=Cc2nc3ccccc3n2C(F)F)c1. The van der Waals surface area contributed by atoms with Crippen molar-refractivity contribution in [2.75, 3.05) is 0 Å². The Morgan fingerprint density at radius 3 is 2.68 bits per heavy atom. The van der Waals surface area contributed by atoms with Crippen molar-refractivity contribution < 1.29 is 8.78 Å². The second-order valence-electron chi connectivity index (χ2n) is 4.68. The maximum absolute atomic E-state index is 13.3. The molecule has 0 spiro atoms. The van der Waals surface area contributed by atoms with Gasteiger partial charge in [0, 0.05) is 0 Å². The van der Waals surface area contributed by atoms with E-state index in [-0.39, 0.29) is 5.82 Å². The minimum absolute atomic E-state index is 0.179. The number of fused-ring (bicyclic) bond motifs is 1. The van der Waals surface area contributed by atoms with Crippen LogP contribution in [-0.2, 0) is 0 Å². The molecule has 0 bridgehead atoms. The third-order valence-electron chi connectivity index (χ3n) is 3.26. The van der Waals surface area contributed by atoms with E-state index in [0.29, 0.717) is 16.6 Å². The fraction of sp³-hybridized carbons (Fsp3) is 0.0588. The van der Waals surface area contributed by atoms with Crippen molar-refractivity contribution >= 4 is 23.2 Å². The largest absolute Gasteiger partial charge is 0.320 e. The van der Waals surface area contributed by atoms with Gasteiger partial charge in [-0.3, -0.25) is 4.57 Å². The van der Waals surface area contributed by atoms with Crippen LogP contribution in [0.3, 0.4) is 0 Å². The minimum atomic E-state index is -2.67. The van der Waals surface area contributed by atoms with Crippen molar-refractivity contribution in [3.63, 3.8) is 0 Å². The minimum Gasteiger partial charge on any atom is -0.267 e. The van der Waals surface area contributed by atoms with Gasteiger partial charge in [-0.05, 0) is 35.9 Å². The van der Waals surface area contributed by atoms with E-state index in [9.17, 15) is 8.78 Å². The molecule has 0 aliphatic carbocycles. The van der Waals surface area contributed by atoms with Crippen LogP contribution in [0.15, 0.2) is 48.5 Å².